The van der Waals surface area contributed by atoms with Crippen LogP contribution in [-0.2, 0) is 11.3 Å². The maximum atomic E-state index is 11.4. The minimum Gasteiger partial charge on any atom is -0.338 e. The van der Waals surface area contributed by atoms with E-state index >= 15 is 0 Å². The summed E-state index contributed by atoms with van der Waals surface area (Å²) in [6.07, 6.45) is 7.32. The Labute approximate surface area is 82.5 Å². The highest BCUT2D eigenvalue weighted by Crippen LogP contribution is 1.99. The van der Waals surface area contributed by atoms with Gasteiger partial charge in [0.1, 0.15) is 12.2 Å². The Balaban J connectivity index is 2.39. The molecular weight excluding hydrogens is 180 g/mol. The average Bonchev–Trinajstić information content (AvgIpc) is 2.66. The highest BCUT2D eigenvalue weighted by molar-refractivity contribution is 5.75. The van der Waals surface area contributed by atoms with Gasteiger partial charge in [-0.15, -0.1) is 12.3 Å². The van der Waals surface area contributed by atoms with Crippen LogP contribution >= 0.6 is 0 Å². The lowest BCUT2D eigenvalue weighted by Gasteiger charge is -2.14. The van der Waals surface area contributed by atoms with Crippen molar-refractivity contribution in [3.8, 4) is 12.3 Å². The Morgan fingerprint density at radius 1 is 1.79 bits per heavy atom. The van der Waals surface area contributed by atoms with Crippen molar-refractivity contribution >= 4 is 5.91 Å². The zero-order valence-electron chi connectivity index (χ0n) is 8.03. The SMILES string of the molecule is C#CCCC(=O)N(C)Cc1ncn[nH]1. The predicted octanol–water partition coefficient (Wildman–Crippen LogP) is 0.176. The van der Waals surface area contributed by atoms with Crippen LogP contribution in [0.3, 0.4) is 0 Å². The molecule has 1 aromatic rings. The van der Waals surface area contributed by atoms with Crippen molar-refractivity contribution in [1.29, 1.82) is 0 Å². The third kappa shape index (κ3) is 2.90. The van der Waals surface area contributed by atoms with Gasteiger partial charge in [0.25, 0.3) is 0 Å². The number of aromatic nitrogens is 3. The zero-order chi connectivity index (χ0) is 10.4. The standard InChI is InChI=1S/C9H12N4O/c1-3-4-5-9(14)13(2)6-8-10-7-11-12-8/h1,7H,4-6H2,2H3,(H,10,11,12). The van der Waals surface area contributed by atoms with Gasteiger partial charge in [-0.1, -0.05) is 0 Å². The van der Waals surface area contributed by atoms with Crippen molar-refractivity contribution < 1.29 is 4.79 Å². The number of nitrogens with zero attached hydrogens (tertiary/aromatic N) is 3. The van der Waals surface area contributed by atoms with Crippen molar-refractivity contribution in [3.63, 3.8) is 0 Å². The van der Waals surface area contributed by atoms with Crippen LogP contribution in [0.2, 0.25) is 0 Å². The zero-order valence-corrected chi connectivity index (χ0v) is 8.03. The molecule has 5 nitrogen and oxygen atoms in total. The minimum absolute atomic E-state index is 0.0133. The van der Waals surface area contributed by atoms with Crippen LogP contribution in [0.1, 0.15) is 18.7 Å². The van der Waals surface area contributed by atoms with Gasteiger partial charge in [0.2, 0.25) is 5.91 Å². The molecule has 0 unspecified atom stereocenters. The lowest BCUT2D eigenvalue weighted by molar-refractivity contribution is -0.130. The molecule has 0 aliphatic heterocycles. The molecule has 1 heterocycles. The number of amides is 1. The Morgan fingerprint density at radius 2 is 2.57 bits per heavy atom. The summed E-state index contributed by atoms with van der Waals surface area (Å²) in [5.41, 5.74) is 0. The molecule has 0 aromatic carbocycles. The summed E-state index contributed by atoms with van der Waals surface area (Å²) < 4.78 is 0. The van der Waals surface area contributed by atoms with E-state index in [1.165, 1.54) is 6.33 Å². The van der Waals surface area contributed by atoms with Crippen molar-refractivity contribution in [2.24, 2.45) is 0 Å². The molecule has 74 valence electrons. The van der Waals surface area contributed by atoms with E-state index in [9.17, 15) is 4.79 Å². The second-order valence-electron chi connectivity index (χ2n) is 2.89. The number of rotatable bonds is 4. The summed E-state index contributed by atoms with van der Waals surface area (Å²) in [5, 5.41) is 6.37. The number of terminal acetylenes is 1. The molecule has 1 N–H and O–H groups in total. The van der Waals surface area contributed by atoms with Gasteiger partial charge in [0, 0.05) is 19.9 Å². The second-order valence-corrected chi connectivity index (χ2v) is 2.89. The molecule has 0 saturated heterocycles. The van der Waals surface area contributed by atoms with Gasteiger partial charge in [-0.3, -0.25) is 9.89 Å². The fourth-order valence-corrected chi connectivity index (χ4v) is 0.990. The molecule has 0 radical (unpaired) electrons. The summed E-state index contributed by atoms with van der Waals surface area (Å²) in [4.78, 5) is 16.9. The first-order chi connectivity index (χ1) is 6.74. The number of H-pyrrole nitrogens is 1. The fourth-order valence-electron chi connectivity index (χ4n) is 0.990. The number of carbonyl (C=O) groups excluding carboxylic acids is 1. The van der Waals surface area contributed by atoms with E-state index in [0.717, 1.165) is 0 Å². The van der Waals surface area contributed by atoms with Crippen LogP contribution in [0.5, 0.6) is 0 Å². The number of hydrogen-bond acceptors (Lipinski definition) is 3. The van der Waals surface area contributed by atoms with Crippen molar-refractivity contribution in [2.45, 2.75) is 19.4 Å². The normalized spacial score (nSPS) is 9.43. The Morgan fingerprint density at radius 3 is 3.14 bits per heavy atom. The molecule has 1 rings (SSSR count). The number of hydrogen-bond donors (Lipinski definition) is 1. The molecule has 0 saturated carbocycles. The van der Waals surface area contributed by atoms with Crippen LogP contribution in [0, 0.1) is 12.3 Å². The average molecular weight is 192 g/mol. The lowest BCUT2D eigenvalue weighted by Crippen LogP contribution is -2.26. The van der Waals surface area contributed by atoms with Gasteiger partial charge >= 0.3 is 0 Å². The molecule has 0 aliphatic rings. The number of carbonyl (C=O) groups is 1. The molecule has 1 aromatic heterocycles. The number of nitrogens with one attached hydrogen (secondary N) is 1. The smallest absolute Gasteiger partial charge is 0.223 e. The van der Waals surface area contributed by atoms with Crippen LogP contribution < -0.4 is 0 Å². The Hall–Kier alpha value is -1.83. The van der Waals surface area contributed by atoms with Gasteiger partial charge in [0.15, 0.2) is 0 Å². The van der Waals surface area contributed by atoms with Crippen LogP contribution in [0.25, 0.3) is 0 Å². The van der Waals surface area contributed by atoms with Gasteiger partial charge < -0.3 is 4.90 Å². The topological polar surface area (TPSA) is 61.9 Å². The van der Waals surface area contributed by atoms with E-state index in [-0.39, 0.29) is 5.91 Å². The second kappa shape index (κ2) is 5.02. The Kier molecular flexibility index (Phi) is 3.68. The summed E-state index contributed by atoms with van der Waals surface area (Å²) >= 11 is 0. The predicted molar refractivity (Wildman–Crippen MR) is 50.9 cm³/mol. The molecule has 0 atom stereocenters. The fraction of sp³-hybridized carbons (Fsp3) is 0.444. The first-order valence-corrected chi connectivity index (χ1v) is 4.25. The van der Waals surface area contributed by atoms with Crippen molar-refractivity contribution in [3.05, 3.63) is 12.2 Å². The Bertz CT molecular complexity index is 325. The summed E-state index contributed by atoms with van der Waals surface area (Å²) in [5.74, 6) is 3.11. The van der Waals surface area contributed by atoms with E-state index in [1.54, 1.807) is 11.9 Å². The first kappa shape index (κ1) is 10.3. The van der Waals surface area contributed by atoms with Gasteiger partial charge in [-0.05, 0) is 0 Å². The highest BCUT2D eigenvalue weighted by atomic mass is 16.2. The van der Waals surface area contributed by atoms with Crippen molar-refractivity contribution in [2.75, 3.05) is 7.05 Å². The lowest BCUT2D eigenvalue weighted by atomic mass is 10.3. The molecule has 5 heteroatoms. The maximum absolute atomic E-state index is 11.4. The summed E-state index contributed by atoms with van der Waals surface area (Å²) in [7, 11) is 1.71. The van der Waals surface area contributed by atoms with E-state index < -0.39 is 0 Å². The molecule has 0 aliphatic carbocycles. The van der Waals surface area contributed by atoms with E-state index in [2.05, 4.69) is 21.1 Å². The largest absolute Gasteiger partial charge is 0.338 e. The molecule has 0 spiro atoms. The first-order valence-electron chi connectivity index (χ1n) is 4.25. The van der Waals surface area contributed by atoms with Gasteiger partial charge in [-0.25, -0.2) is 4.98 Å². The molecule has 14 heavy (non-hydrogen) atoms. The van der Waals surface area contributed by atoms with E-state index in [1.807, 2.05) is 0 Å². The van der Waals surface area contributed by atoms with Crippen LogP contribution in [-0.4, -0.2) is 33.0 Å². The summed E-state index contributed by atoms with van der Waals surface area (Å²) in [6.45, 7) is 0.434. The van der Waals surface area contributed by atoms with E-state index in [4.69, 9.17) is 6.42 Å². The third-order valence-corrected chi connectivity index (χ3v) is 1.76. The van der Waals surface area contributed by atoms with Crippen LogP contribution in [0.4, 0.5) is 0 Å². The molecule has 0 bridgehead atoms. The molecular formula is C9H12N4O. The van der Waals surface area contributed by atoms with Crippen molar-refractivity contribution in [1.82, 2.24) is 20.1 Å². The maximum Gasteiger partial charge on any atom is 0.223 e. The molecule has 0 fully saturated rings. The monoisotopic (exact) mass is 192 g/mol. The third-order valence-electron chi connectivity index (χ3n) is 1.76. The molecule has 1 amide bonds. The number of aromatic amines is 1. The minimum atomic E-state index is 0.0133. The van der Waals surface area contributed by atoms with E-state index in [0.29, 0.717) is 25.2 Å². The van der Waals surface area contributed by atoms with Gasteiger partial charge in [0.05, 0.1) is 6.54 Å². The van der Waals surface area contributed by atoms with Gasteiger partial charge in [-0.2, -0.15) is 5.10 Å². The highest BCUT2D eigenvalue weighted by Gasteiger charge is 2.09. The quantitative estimate of drug-likeness (QED) is 0.692. The van der Waals surface area contributed by atoms with Crippen LogP contribution in [0.15, 0.2) is 6.33 Å². The summed E-state index contributed by atoms with van der Waals surface area (Å²) in [6, 6.07) is 0.